The molecule has 0 radical (unpaired) electrons. The molecule has 1 aromatic carbocycles. The SMILES string of the molecule is COc1ccccc1S(=O)(=O)N1CC(CO)C1. The lowest BCUT2D eigenvalue weighted by atomic mass is 10.1. The summed E-state index contributed by atoms with van der Waals surface area (Å²) in [4.78, 5) is 0.180. The Morgan fingerprint density at radius 3 is 2.65 bits per heavy atom. The molecule has 0 aliphatic carbocycles. The molecule has 1 heterocycles. The Kier molecular flexibility index (Phi) is 3.37. The molecule has 5 nitrogen and oxygen atoms in total. The predicted octanol–water partition coefficient (Wildman–Crippen LogP) is 0.308. The highest BCUT2D eigenvalue weighted by Gasteiger charge is 2.37. The van der Waals surface area contributed by atoms with Crippen LogP contribution in [0, 0.1) is 5.92 Å². The van der Waals surface area contributed by atoms with Gasteiger partial charge >= 0.3 is 0 Å². The van der Waals surface area contributed by atoms with Gasteiger partial charge in [0.15, 0.2) is 0 Å². The van der Waals surface area contributed by atoms with Crippen molar-refractivity contribution in [2.45, 2.75) is 4.90 Å². The summed E-state index contributed by atoms with van der Waals surface area (Å²) in [6.45, 7) is 0.770. The van der Waals surface area contributed by atoms with E-state index in [-0.39, 0.29) is 17.4 Å². The maximum Gasteiger partial charge on any atom is 0.246 e. The number of ether oxygens (including phenoxy) is 1. The number of para-hydroxylation sites is 1. The number of aliphatic hydroxyl groups is 1. The zero-order valence-corrected chi connectivity index (χ0v) is 10.4. The second kappa shape index (κ2) is 4.64. The quantitative estimate of drug-likeness (QED) is 0.843. The van der Waals surface area contributed by atoms with Crippen molar-refractivity contribution in [1.82, 2.24) is 4.31 Å². The van der Waals surface area contributed by atoms with Crippen molar-refractivity contribution in [1.29, 1.82) is 0 Å². The van der Waals surface area contributed by atoms with Crippen LogP contribution >= 0.6 is 0 Å². The number of benzene rings is 1. The zero-order valence-electron chi connectivity index (χ0n) is 9.54. The summed E-state index contributed by atoms with van der Waals surface area (Å²) in [6.07, 6.45) is 0. The van der Waals surface area contributed by atoms with E-state index in [2.05, 4.69) is 0 Å². The maximum atomic E-state index is 12.2. The van der Waals surface area contributed by atoms with Gasteiger partial charge in [0, 0.05) is 25.6 Å². The van der Waals surface area contributed by atoms with Crippen LogP contribution in [-0.4, -0.2) is 44.6 Å². The van der Waals surface area contributed by atoms with Crippen LogP contribution in [0.25, 0.3) is 0 Å². The summed E-state index contributed by atoms with van der Waals surface area (Å²) in [5, 5.41) is 8.89. The van der Waals surface area contributed by atoms with E-state index in [4.69, 9.17) is 9.84 Å². The first-order valence-electron chi connectivity index (χ1n) is 5.33. The first-order valence-corrected chi connectivity index (χ1v) is 6.77. The molecular weight excluding hydrogens is 242 g/mol. The molecule has 1 N–H and O–H groups in total. The molecule has 0 amide bonds. The molecule has 0 saturated carbocycles. The van der Waals surface area contributed by atoms with Crippen LogP contribution in [0.15, 0.2) is 29.2 Å². The van der Waals surface area contributed by atoms with Gasteiger partial charge in [-0.2, -0.15) is 4.31 Å². The molecule has 1 aliphatic rings. The summed E-state index contributed by atoms with van der Waals surface area (Å²) < 4.78 is 30.8. The van der Waals surface area contributed by atoms with Gasteiger partial charge in [0.1, 0.15) is 10.6 Å². The number of aliphatic hydroxyl groups excluding tert-OH is 1. The molecule has 1 fully saturated rings. The van der Waals surface area contributed by atoms with Gasteiger partial charge in [-0.1, -0.05) is 12.1 Å². The van der Waals surface area contributed by atoms with Crippen molar-refractivity contribution < 1.29 is 18.3 Å². The average molecular weight is 257 g/mol. The van der Waals surface area contributed by atoms with Gasteiger partial charge < -0.3 is 9.84 Å². The van der Waals surface area contributed by atoms with Crippen LogP contribution in [-0.2, 0) is 10.0 Å². The van der Waals surface area contributed by atoms with Crippen molar-refractivity contribution in [3.8, 4) is 5.75 Å². The Morgan fingerprint density at radius 2 is 2.06 bits per heavy atom. The molecule has 0 bridgehead atoms. The van der Waals surface area contributed by atoms with E-state index in [1.807, 2.05) is 0 Å². The summed E-state index contributed by atoms with van der Waals surface area (Å²) in [5.74, 6) is 0.402. The lowest BCUT2D eigenvalue weighted by molar-refractivity contribution is 0.117. The topological polar surface area (TPSA) is 66.8 Å². The lowest BCUT2D eigenvalue weighted by Crippen LogP contribution is -2.51. The third-order valence-electron chi connectivity index (χ3n) is 2.87. The second-order valence-electron chi connectivity index (χ2n) is 4.02. The molecule has 1 saturated heterocycles. The van der Waals surface area contributed by atoms with E-state index < -0.39 is 10.0 Å². The van der Waals surface area contributed by atoms with Gasteiger partial charge in [-0.25, -0.2) is 8.42 Å². The largest absolute Gasteiger partial charge is 0.495 e. The maximum absolute atomic E-state index is 12.2. The van der Waals surface area contributed by atoms with Gasteiger partial charge in [0.2, 0.25) is 10.0 Å². The molecule has 94 valence electrons. The molecule has 0 unspecified atom stereocenters. The average Bonchev–Trinajstić information content (AvgIpc) is 2.27. The minimum atomic E-state index is -3.49. The molecule has 2 rings (SSSR count). The second-order valence-corrected chi connectivity index (χ2v) is 5.93. The van der Waals surface area contributed by atoms with Crippen LogP contribution in [0.2, 0.25) is 0 Å². The first kappa shape index (κ1) is 12.3. The van der Waals surface area contributed by atoms with Crippen molar-refractivity contribution in [2.24, 2.45) is 5.92 Å². The number of methoxy groups -OCH3 is 1. The zero-order chi connectivity index (χ0) is 12.5. The predicted molar refractivity (Wildman–Crippen MR) is 62.3 cm³/mol. The van der Waals surface area contributed by atoms with Crippen LogP contribution in [0.4, 0.5) is 0 Å². The number of nitrogens with zero attached hydrogens (tertiary/aromatic N) is 1. The highest BCUT2D eigenvalue weighted by atomic mass is 32.2. The monoisotopic (exact) mass is 257 g/mol. The Labute approximate surface area is 101 Å². The number of sulfonamides is 1. The van der Waals surface area contributed by atoms with Crippen LogP contribution in [0.3, 0.4) is 0 Å². The van der Waals surface area contributed by atoms with Crippen molar-refractivity contribution >= 4 is 10.0 Å². The third-order valence-corrected chi connectivity index (χ3v) is 4.74. The molecule has 17 heavy (non-hydrogen) atoms. The van der Waals surface area contributed by atoms with E-state index in [0.717, 1.165) is 0 Å². The fourth-order valence-corrected chi connectivity index (χ4v) is 3.55. The van der Waals surface area contributed by atoms with Gasteiger partial charge in [-0.3, -0.25) is 0 Å². The van der Waals surface area contributed by atoms with Crippen molar-refractivity contribution in [3.05, 3.63) is 24.3 Å². The van der Waals surface area contributed by atoms with E-state index >= 15 is 0 Å². The third kappa shape index (κ3) is 2.15. The van der Waals surface area contributed by atoms with Crippen LogP contribution in [0.5, 0.6) is 5.75 Å². The van der Waals surface area contributed by atoms with E-state index in [1.165, 1.54) is 17.5 Å². The molecular formula is C11H15NO4S. The first-order chi connectivity index (χ1) is 8.09. The number of hydrogen-bond donors (Lipinski definition) is 1. The van der Waals surface area contributed by atoms with Crippen molar-refractivity contribution in [2.75, 3.05) is 26.8 Å². The van der Waals surface area contributed by atoms with E-state index in [1.54, 1.807) is 18.2 Å². The van der Waals surface area contributed by atoms with Gasteiger partial charge in [0.25, 0.3) is 0 Å². The molecule has 6 heteroatoms. The van der Waals surface area contributed by atoms with Gasteiger partial charge in [-0.05, 0) is 12.1 Å². The van der Waals surface area contributed by atoms with Crippen LogP contribution in [0.1, 0.15) is 0 Å². The highest BCUT2D eigenvalue weighted by Crippen LogP contribution is 2.30. The molecule has 0 atom stereocenters. The van der Waals surface area contributed by atoms with Gasteiger partial charge in [-0.15, -0.1) is 0 Å². The van der Waals surface area contributed by atoms with E-state index in [0.29, 0.717) is 18.8 Å². The summed E-state index contributed by atoms with van der Waals surface area (Å²) in [6, 6.07) is 6.54. The summed E-state index contributed by atoms with van der Waals surface area (Å²) >= 11 is 0. The number of hydrogen-bond acceptors (Lipinski definition) is 4. The molecule has 1 aliphatic heterocycles. The standard InChI is InChI=1S/C11H15NO4S/c1-16-10-4-2-3-5-11(10)17(14,15)12-6-9(7-12)8-13/h2-5,9,13H,6-8H2,1H3. The Balaban J connectivity index is 2.27. The fourth-order valence-electron chi connectivity index (χ4n) is 1.81. The summed E-state index contributed by atoms with van der Waals surface area (Å²) in [7, 11) is -2.05. The molecule has 0 aromatic heterocycles. The Hall–Kier alpha value is -1.11. The summed E-state index contributed by atoms with van der Waals surface area (Å²) in [5.41, 5.74) is 0. The molecule has 1 aromatic rings. The Bertz CT molecular complexity index is 494. The minimum absolute atomic E-state index is 0.0257. The highest BCUT2D eigenvalue weighted by molar-refractivity contribution is 7.89. The number of rotatable bonds is 4. The normalized spacial score (nSPS) is 17.8. The minimum Gasteiger partial charge on any atom is -0.495 e. The fraction of sp³-hybridized carbons (Fsp3) is 0.455. The molecule has 0 spiro atoms. The smallest absolute Gasteiger partial charge is 0.246 e. The van der Waals surface area contributed by atoms with E-state index in [9.17, 15) is 8.42 Å². The van der Waals surface area contributed by atoms with Crippen LogP contribution < -0.4 is 4.74 Å². The Morgan fingerprint density at radius 1 is 1.41 bits per heavy atom. The lowest BCUT2D eigenvalue weighted by Gasteiger charge is -2.37. The van der Waals surface area contributed by atoms with Gasteiger partial charge in [0.05, 0.1) is 7.11 Å². The van der Waals surface area contributed by atoms with Crippen molar-refractivity contribution in [3.63, 3.8) is 0 Å².